The fraction of sp³-hybridized carbons (Fsp3) is 0. The van der Waals surface area contributed by atoms with Gasteiger partial charge in [-0.1, -0.05) is 0 Å². The van der Waals surface area contributed by atoms with Crippen LogP contribution in [0.5, 0.6) is 0 Å². The molecule has 1 rings (SSSR count). The minimum atomic E-state index is -1.73. The highest BCUT2D eigenvalue weighted by atomic mass is 19.2. The molecule has 0 atom stereocenters. The van der Waals surface area contributed by atoms with E-state index in [-0.39, 0.29) is 0 Å². The highest BCUT2D eigenvalue weighted by Gasteiger charge is 2.16. The van der Waals surface area contributed by atoms with Crippen molar-refractivity contribution in [3.63, 3.8) is 0 Å². The molecule has 63 valence electrons. The summed E-state index contributed by atoms with van der Waals surface area (Å²) in [5, 5.41) is 0. The van der Waals surface area contributed by atoms with Crippen LogP contribution in [0.1, 0.15) is 10.4 Å². The average Bonchev–Trinajstić information content (AvgIpc) is 2.00. The van der Waals surface area contributed by atoms with Crippen molar-refractivity contribution in [3.05, 3.63) is 35.1 Å². The van der Waals surface area contributed by atoms with Crippen molar-refractivity contribution < 1.29 is 18.0 Å². The van der Waals surface area contributed by atoms with Gasteiger partial charge in [0, 0.05) is 0 Å². The number of carbonyl (C=O) groups is 1. The van der Waals surface area contributed by atoms with Gasteiger partial charge in [0.25, 0.3) is 5.91 Å². The Kier molecular flexibility index (Phi) is 2.03. The van der Waals surface area contributed by atoms with Gasteiger partial charge in [0.1, 0.15) is 0 Å². The number of benzene rings is 1. The molecule has 1 radical (unpaired) electrons. The molecular weight excluding hydrogens is 171 g/mol. The first-order chi connectivity index (χ1) is 5.54. The van der Waals surface area contributed by atoms with Gasteiger partial charge in [0.05, 0.1) is 5.56 Å². The van der Waals surface area contributed by atoms with E-state index in [1.165, 1.54) is 0 Å². The van der Waals surface area contributed by atoms with E-state index in [2.05, 4.69) is 0 Å². The zero-order valence-electron chi connectivity index (χ0n) is 5.70. The van der Waals surface area contributed by atoms with Gasteiger partial charge in [0.15, 0.2) is 17.5 Å². The van der Waals surface area contributed by atoms with Crippen LogP contribution >= 0.6 is 0 Å². The third-order valence-electron chi connectivity index (χ3n) is 1.28. The third-order valence-corrected chi connectivity index (χ3v) is 1.28. The Bertz CT molecular complexity index is 338. The molecule has 0 saturated heterocycles. The number of amides is 1. The minimum absolute atomic E-state index is 0.597. The Hall–Kier alpha value is -1.52. The minimum Gasteiger partial charge on any atom is -0.267 e. The van der Waals surface area contributed by atoms with Crippen LogP contribution in [0.25, 0.3) is 0 Å². The molecule has 0 fully saturated rings. The summed E-state index contributed by atoms with van der Waals surface area (Å²) in [6.07, 6.45) is 0. The first-order valence-electron chi connectivity index (χ1n) is 2.93. The molecule has 1 aromatic carbocycles. The van der Waals surface area contributed by atoms with E-state index in [0.29, 0.717) is 6.07 Å². The first kappa shape index (κ1) is 8.58. The van der Waals surface area contributed by atoms with Crippen LogP contribution in [-0.4, -0.2) is 5.91 Å². The number of halogens is 3. The van der Waals surface area contributed by atoms with Crippen molar-refractivity contribution in [3.8, 4) is 0 Å². The molecule has 0 saturated carbocycles. The van der Waals surface area contributed by atoms with Crippen molar-refractivity contribution in [1.82, 2.24) is 5.73 Å². The molecule has 0 aliphatic heterocycles. The summed E-state index contributed by atoms with van der Waals surface area (Å²) in [4.78, 5) is 10.3. The molecule has 0 bridgehead atoms. The van der Waals surface area contributed by atoms with Gasteiger partial charge in [-0.3, -0.25) is 10.5 Å². The summed E-state index contributed by atoms with van der Waals surface area (Å²) in [7, 11) is 0. The molecule has 0 spiro atoms. The normalized spacial score (nSPS) is 9.92. The summed E-state index contributed by atoms with van der Waals surface area (Å²) < 4.78 is 37.2. The van der Waals surface area contributed by atoms with Crippen LogP contribution in [0.3, 0.4) is 0 Å². The molecule has 1 N–H and O–H groups in total. The molecule has 12 heavy (non-hydrogen) atoms. The average molecular weight is 174 g/mol. The van der Waals surface area contributed by atoms with Gasteiger partial charge in [-0.15, -0.1) is 0 Å². The fourth-order valence-corrected chi connectivity index (χ4v) is 0.701. The highest BCUT2D eigenvalue weighted by Crippen LogP contribution is 2.14. The van der Waals surface area contributed by atoms with Gasteiger partial charge < -0.3 is 0 Å². The Labute approximate surface area is 65.8 Å². The summed E-state index contributed by atoms with van der Waals surface area (Å²) in [5.74, 6) is -6.10. The predicted octanol–water partition coefficient (Wildman–Crippen LogP) is 1.53. The second-order valence-corrected chi connectivity index (χ2v) is 2.05. The summed E-state index contributed by atoms with van der Waals surface area (Å²) >= 11 is 0. The van der Waals surface area contributed by atoms with E-state index in [4.69, 9.17) is 5.73 Å². The van der Waals surface area contributed by atoms with Crippen molar-refractivity contribution in [2.75, 3.05) is 0 Å². The number of rotatable bonds is 1. The standard InChI is InChI=1S/C7H3F3NO/c8-4-2-1-3(7(11)12)5(9)6(4)10/h1-2,11H. The number of hydrogen-bond donors (Lipinski definition) is 0. The fourth-order valence-electron chi connectivity index (χ4n) is 0.701. The molecule has 1 aromatic rings. The predicted molar refractivity (Wildman–Crippen MR) is 33.7 cm³/mol. The lowest BCUT2D eigenvalue weighted by molar-refractivity contribution is 0.0987. The van der Waals surface area contributed by atoms with Crippen LogP contribution in [0.4, 0.5) is 13.2 Å². The van der Waals surface area contributed by atoms with E-state index >= 15 is 0 Å². The number of nitrogens with one attached hydrogen (secondary N) is 1. The zero-order valence-corrected chi connectivity index (χ0v) is 5.70. The largest absolute Gasteiger partial charge is 0.272 e. The molecule has 0 aliphatic carbocycles. The van der Waals surface area contributed by atoms with E-state index in [1.807, 2.05) is 0 Å². The van der Waals surface area contributed by atoms with Crippen LogP contribution < -0.4 is 5.73 Å². The maximum atomic E-state index is 12.6. The van der Waals surface area contributed by atoms with Crippen LogP contribution in [0, 0.1) is 17.5 Å². The maximum absolute atomic E-state index is 12.6. The second kappa shape index (κ2) is 2.84. The molecule has 5 heteroatoms. The molecule has 2 nitrogen and oxygen atoms in total. The monoisotopic (exact) mass is 174 g/mol. The lowest BCUT2D eigenvalue weighted by atomic mass is 10.2. The van der Waals surface area contributed by atoms with E-state index in [9.17, 15) is 18.0 Å². The van der Waals surface area contributed by atoms with E-state index in [0.717, 1.165) is 6.07 Å². The van der Waals surface area contributed by atoms with Gasteiger partial charge in [-0.25, -0.2) is 13.2 Å². The van der Waals surface area contributed by atoms with Crippen molar-refractivity contribution in [2.45, 2.75) is 0 Å². The van der Waals surface area contributed by atoms with Gasteiger partial charge in [-0.05, 0) is 12.1 Å². The molecular formula is C7H3F3NO. The summed E-state index contributed by atoms with van der Waals surface area (Å²) in [6, 6.07) is 1.32. The molecule has 0 aromatic heterocycles. The number of hydrogen-bond acceptors (Lipinski definition) is 1. The summed E-state index contributed by atoms with van der Waals surface area (Å²) in [6.45, 7) is 0. The Morgan fingerprint density at radius 3 is 2.25 bits per heavy atom. The number of carbonyl (C=O) groups excluding carboxylic acids is 1. The Balaban J connectivity index is 3.36. The van der Waals surface area contributed by atoms with Crippen LogP contribution in [0.15, 0.2) is 12.1 Å². The Morgan fingerprint density at radius 1 is 1.17 bits per heavy atom. The second-order valence-electron chi connectivity index (χ2n) is 2.05. The lowest BCUT2D eigenvalue weighted by Gasteiger charge is -1.98. The van der Waals surface area contributed by atoms with Crippen molar-refractivity contribution in [2.24, 2.45) is 0 Å². The molecule has 0 aliphatic rings. The molecule has 1 amide bonds. The maximum Gasteiger partial charge on any atom is 0.272 e. The first-order valence-corrected chi connectivity index (χ1v) is 2.93. The van der Waals surface area contributed by atoms with E-state index < -0.39 is 28.9 Å². The summed E-state index contributed by atoms with van der Waals surface area (Å²) in [5.41, 5.74) is 5.69. The smallest absolute Gasteiger partial charge is 0.267 e. The van der Waals surface area contributed by atoms with Gasteiger partial charge in [0.2, 0.25) is 0 Å². The van der Waals surface area contributed by atoms with Crippen LogP contribution in [0.2, 0.25) is 0 Å². The highest BCUT2D eigenvalue weighted by molar-refractivity contribution is 5.92. The van der Waals surface area contributed by atoms with Crippen molar-refractivity contribution in [1.29, 1.82) is 0 Å². The van der Waals surface area contributed by atoms with E-state index in [1.54, 1.807) is 0 Å². The molecule has 0 heterocycles. The SMILES string of the molecule is [NH]C(=O)c1ccc(F)c(F)c1F. The molecule has 0 unspecified atom stereocenters. The Morgan fingerprint density at radius 2 is 1.75 bits per heavy atom. The quantitative estimate of drug-likeness (QED) is 0.595. The van der Waals surface area contributed by atoms with Crippen molar-refractivity contribution >= 4 is 5.91 Å². The van der Waals surface area contributed by atoms with Crippen LogP contribution in [-0.2, 0) is 0 Å². The van der Waals surface area contributed by atoms with Gasteiger partial charge >= 0.3 is 0 Å². The lowest BCUT2D eigenvalue weighted by Crippen LogP contribution is -2.05. The topological polar surface area (TPSA) is 40.9 Å². The van der Waals surface area contributed by atoms with Gasteiger partial charge in [-0.2, -0.15) is 0 Å². The third kappa shape index (κ3) is 1.25. The zero-order chi connectivity index (χ0) is 9.30.